The Morgan fingerprint density at radius 2 is 1.11 bits per heavy atom. The van der Waals surface area contributed by atoms with Gasteiger partial charge in [0.05, 0.1) is 0 Å². The smallest absolute Gasteiger partial charge is 0.165 e. The Hall–Kier alpha value is -3.61. The molecule has 0 spiro atoms. The molecule has 0 amide bonds. The zero-order chi connectivity index (χ0) is 25.4. The molecule has 0 aliphatic carbocycles. The zero-order valence-electron chi connectivity index (χ0n) is 19.9. The maximum Gasteiger partial charge on any atom is 0.165 e. The lowest BCUT2D eigenvalue weighted by atomic mass is 10.1. The van der Waals surface area contributed by atoms with Gasteiger partial charge in [0.25, 0.3) is 0 Å². The van der Waals surface area contributed by atoms with Crippen molar-refractivity contribution in [3.63, 3.8) is 0 Å². The lowest BCUT2D eigenvalue weighted by molar-refractivity contribution is 0.274. The van der Waals surface area contributed by atoms with Gasteiger partial charge in [-0.2, -0.15) is 0 Å². The molecule has 0 aliphatic heterocycles. The molecule has 0 fully saturated rings. The lowest BCUT2D eigenvalue weighted by Crippen LogP contribution is -2.06. The van der Waals surface area contributed by atoms with E-state index in [4.69, 9.17) is 20.3 Å². The maximum absolute atomic E-state index is 15.0. The van der Waals surface area contributed by atoms with E-state index in [0.717, 1.165) is 12.8 Å². The van der Waals surface area contributed by atoms with Crippen molar-refractivity contribution in [1.29, 1.82) is 10.8 Å². The second-order valence-electron chi connectivity index (χ2n) is 8.22. The predicted octanol–water partition coefficient (Wildman–Crippen LogP) is 7.60. The van der Waals surface area contributed by atoms with Gasteiger partial charge in [0.1, 0.15) is 19.0 Å². The van der Waals surface area contributed by atoms with Crippen molar-refractivity contribution in [1.82, 2.24) is 0 Å². The van der Waals surface area contributed by atoms with Crippen LogP contribution in [-0.4, -0.2) is 11.4 Å². The first-order valence-corrected chi connectivity index (χ1v) is 11.6. The van der Waals surface area contributed by atoms with E-state index in [1.165, 1.54) is 36.4 Å². The van der Waals surface area contributed by atoms with Gasteiger partial charge in [-0.05, 0) is 60.4 Å². The molecular weight excluding hydrogens is 453 g/mol. The van der Waals surface area contributed by atoms with E-state index in [9.17, 15) is 13.2 Å². The molecule has 0 heterocycles. The molecule has 0 unspecified atom stereocenters. The van der Waals surface area contributed by atoms with Crippen LogP contribution >= 0.6 is 0 Å². The molecule has 2 N–H and O–H groups in total. The first-order chi connectivity index (χ1) is 16.8. The molecule has 7 heteroatoms. The zero-order valence-corrected chi connectivity index (χ0v) is 19.9. The van der Waals surface area contributed by atoms with E-state index in [1.54, 1.807) is 18.2 Å². The molecule has 0 aromatic heterocycles. The van der Waals surface area contributed by atoms with Gasteiger partial charge in [0.15, 0.2) is 23.1 Å². The van der Waals surface area contributed by atoms with E-state index >= 15 is 0 Å². The minimum Gasteiger partial charge on any atom is -0.486 e. The van der Waals surface area contributed by atoms with Crippen molar-refractivity contribution in [2.75, 3.05) is 0 Å². The van der Waals surface area contributed by atoms with Crippen molar-refractivity contribution in [3.8, 4) is 11.5 Å². The maximum atomic E-state index is 15.0. The minimum absolute atomic E-state index is 0.0325. The van der Waals surface area contributed by atoms with Gasteiger partial charge in [0.2, 0.25) is 0 Å². The highest BCUT2D eigenvalue weighted by Crippen LogP contribution is 2.24. The molecule has 3 rings (SSSR count). The minimum atomic E-state index is -0.616. The van der Waals surface area contributed by atoms with Crippen LogP contribution in [0.2, 0.25) is 0 Å². The Labute approximate surface area is 203 Å². The van der Waals surface area contributed by atoms with E-state index in [1.807, 2.05) is 13.8 Å². The summed E-state index contributed by atoms with van der Waals surface area (Å²) >= 11 is 0. The van der Waals surface area contributed by atoms with Crippen molar-refractivity contribution in [2.24, 2.45) is 0 Å². The highest BCUT2D eigenvalue weighted by molar-refractivity contribution is 5.98. The van der Waals surface area contributed by atoms with Crippen molar-refractivity contribution < 1.29 is 22.6 Å². The second-order valence-corrected chi connectivity index (χ2v) is 8.22. The highest BCUT2D eigenvalue weighted by Gasteiger charge is 2.14. The summed E-state index contributed by atoms with van der Waals surface area (Å²) in [6.07, 6.45) is 2.69. The van der Waals surface area contributed by atoms with E-state index in [0.29, 0.717) is 35.4 Å². The molecule has 0 saturated carbocycles. The normalized spacial score (nSPS) is 10.8. The standard InChI is InChI=1S/C28H29F3N2O2/c1-3-6-24(32)18-10-12-26(22(29)14-18)34-16-20-8-5-9-21(28(20)31)17-35-27-13-11-19(15-23(27)30)25(33)7-4-2/h5,8-15,32-33H,3-4,6-7,16-17H2,1-2H3. The summed E-state index contributed by atoms with van der Waals surface area (Å²) in [5.41, 5.74) is 2.09. The van der Waals surface area contributed by atoms with Crippen LogP contribution in [0.25, 0.3) is 0 Å². The summed E-state index contributed by atoms with van der Waals surface area (Å²) in [7, 11) is 0. The first-order valence-electron chi connectivity index (χ1n) is 11.6. The van der Waals surface area contributed by atoms with Gasteiger partial charge >= 0.3 is 0 Å². The largest absolute Gasteiger partial charge is 0.486 e. The quantitative estimate of drug-likeness (QED) is 0.261. The first kappa shape index (κ1) is 26.0. The van der Waals surface area contributed by atoms with Gasteiger partial charge < -0.3 is 20.3 Å². The van der Waals surface area contributed by atoms with Crippen LogP contribution in [0.1, 0.15) is 61.8 Å². The number of nitrogens with one attached hydrogen (secondary N) is 2. The van der Waals surface area contributed by atoms with Crippen molar-refractivity contribution in [3.05, 3.63) is 94.3 Å². The molecule has 0 bridgehead atoms. The molecule has 4 nitrogen and oxygen atoms in total. The topological polar surface area (TPSA) is 66.2 Å². The number of rotatable bonds is 12. The average molecular weight is 483 g/mol. The number of hydrogen-bond acceptors (Lipinski definition) is 4. The molecule has 3 aromatic carbocycles. The fourth-order valence-electron chi connectivity index (χ4n) is 3.57. The van der Waals surface area contributed by atoms with Crippen molar-refractivity contribution >= 4 is 11.4 Å². The Kier molecular flexibility index (Phi) is 9.06. The van der Waals surface area contributed by atoms with Crippen LogP contribution in [0.4, 0.5) is 13.2 Å². The number of benzene rings is 3. The third-order valence-electron chi connectivity index (χ3n) is 5.49. The van der Waals surface area contributed by atoms with Crippen molar-refractivity contribution in [2.45, 2.75) is 52.7 Å². The molecule has 0 saturated heterocycles. The fourth-order valence-corrected chi connectivity index (χ4v) is 3.57. The average Bonchev–Trinajstić information content (AvgIpc) is 2.84. The monoisotopic (exact) mass is 482 g/mol. The van der Waals surface area contributed by atoms with E-state index in [2.05, 4.69) is 0 Å². The molecular formula is C28H29F3N2O2. The van der Waals surface area contributed by atoms with Crippen LogP contribution in [0.15, 0.2) is 54.6 Å². The van der Waals surface area contributed by atoms with Gasteiger partial charge in [0, 0.05) is 22.6 Å². The van der Waals surface area contributed by atoms with Gasteiger partial charge in [-0.1, -0.05) is 44.9 Å². The number of ether oxygens (including phenoxy) is 2. The van der Waals surface area contributed by atoms with Crippen LogP contribution in [0, 0.1) is 28.3 Å². The molecule has 184 valence electrons. The molecule has 35 heavy (non-hydrogen) atoms. The van der Waals surface area contributed by atoms with E-state index < -0.39 is 17.5 Å². The summed E-state index contributed by atoms with van der Waals surface area (Å²) in [5, 5.41) is 15.9. The lowest BCUT2D eigenvalue weighted by Gasteiger charge is -2.13. The molecule has 0 radical (unpaired) electrons. The predicted molar refractivity (Wildman–Crippen MR) is 131 cm³/mol. The summed E-state index contributed by atoms with van der Waals surface area (Å²) in [6.45, 7) is 3.49. The Bertz CT molecular complexity index is 1120. The number of halogens is 3. The van der Waals surface area contributed by atoms with Crippen LogP contribution < -0.4 is 9.47 Å². The summed E-state index contributed by atoms with van der Waals surface area (Å²) in [6, 6.07) is 13.3. The van der Waals surface area contributed by atoms with Crippen LogP contribution in [-0.2, 0) is 13.2 Å². The Balaban J connectivity index is 1.65. The SMILES string of the molecule is CCCC(=N)c1ccc(OCc2cccc(COc3ccc(C(=N)CCC)cc3F)c2F)c(F)c1. The summed E-state index contributed by atoms with van der Waals surface area (Å²) < 4.78 is 54.8. The Morgan fingerprint density at radius 1 is 0.686 bits per heavy atom. The molecule has 0 aliphatic rings. The number of hydrogen-bond donors (Lipinski definition) is 2. The third kappa shape index (κ3) is 6.72. The fraction of sp³-hybridized carbons (Fsp3) is 0.286. The highest BCUT2D eigenvalue weighted by atomic mass is 19.1. The van der Waals surface area contributed by atoms with Gasteiger partial charge in [-0.3, -0.25) is 0 Å². The van der Waals surface area contributed by atoms with Crippen LogP contribution in [0.5, 0.6) is 11.5 Å². The molecule has 0 atom stereocenters. The van der Waals surface area contributed by atoms with E-state index in [-0.39, 0.29) is 35.8 Å². The second kappa shape index (κ2) is 12.2. The molecule has 3 aromatic rings. The summed E-state index contributed by atoms with van der Waals surface area (Å²) in [5.74, 6) is -1.87. The van der Waals surface area contributed by atoms with Gasteiger partial charge in [-0.15, -0.1) is 0 Å². The Morgan fingerprint density at radius 3 is 1.49 bits per heavy atom. The summed E-state index contributed by atoms with van der Waals surface area (Å²) in [4.78, 5) is 0. The van der Waals surface area contributed by atoms with Crippen LogP contribution in [0.3, 0.4) is 0 Å². The third-order valence-corrected chi connectivity index (χ3v) is 5.49. The van der Waals surface area contributed by atoms with Gasteiger partial charge in [-0.25, -0.2) is 13.2 Å².